The number of nitrogens with zero attached hydrogens (tertiary/aromatic N) is 2. The third-order valence-electron chi connectivity index (χ3n) is 6.63. The molecule has 0 unspecified atom stereocenters. The average Bonchev–Trinajstić information content (AvgIpc) is 2.91. The number of carbonyl (C=O) groups excluding carboxylic acids is 2. The molecule has 36 heavy (non-hydrogen) atoms. The number of hydrogen-bond donors (Lipinski definition) is 0. The standard InChI is InChI=1S/C30H33FN2O3/c1-2-32-18-9-4-10-19-33(29(34)24-14-11-15-25(31)21-24)26(20-23-12-5-3-6-13-23)22-36-28-17-8-7-16-27(28)30(32)35/h3,5-8,11-17,21,26H,2,4,9-10,18-20,22H2,1H3/t26-/m1/s1. The molecular weight excluding hydrogens is 455 g/mol. The van der Waals surface area contributed by atoms with E-state index in [-0.39, 0.29) is 24.5 Å². The molecule has 6 heteroatoms. The fraction of sp³-hybridized carbons (Fsp3) is 0.333. The summed E-state index contributed by atoms with van der Waals surface area (Å²) in [4.78, 5) is 30.6. The first-order valence-electron chi connectivity index (χ1n) is 12.7. The van der Waals surface area contributed by atoms with Crippen molar-refractivity contribution in [2.45, 2.75) is 38.6 Å². The Balaban J connectivity index is 1.70. The fourth-order valence-electron chi connectivity index (χ4n) is 4.67. The van der Waals surface area contributed by atoms with E-state index in [0.717, 1.165) is 24.8 Å². The summed E-state index contributed by atoms with van der Waals surface area (Å²) in [5.41, 5.74) is 1.93. The quantitative estimate of drug-likeness (QED) is 0.480. The summed E-state index contributed by atoms with van der Waals surface area (Å²) in [6, 6.07) is 22.8. The van der Waals surface area contributed by atoms with Crippen LogP contribution in [0.3, 0.4) is 0 Å². The molecule has 4 rings (SSSR count). The highest BCUT2D eigenvalue weighted by atomic mass is 19.1. The lowest BCUT2D eigenvalue weighted by molar-refractivity contribution is 0.0605. The molecule has 3 aromatic rings. The molecule has 0 aromatic heterocycles. The number of rotatable bonds is 4. The maximum absolute atomic E-state index is 14.0. The van der Waals surface area contributed by atoms with Gasteiger partial charge in [0.15, 0.2) is 0 Å². The zero-order chi connectivity index (χ0) is 25.3. The summed E-state index contributed by atoms with van der Waals surface area (Å²) in [7, 11) is 0. The smallest absolute Gasteiger partial charge is 0.257 e. The summed E-state index contributed by atoms with van der Waals surface area (Å²) in [6.07, 6.45) is 3.08. The second-order valence-corrected chi connectivity index (χ2v) is 9.11. The number of ether oxygens (including phenoxy) is 1. The Bertz CT molecular complexity index is 1170. The van der Waals surface area contributed by atoms with Crippen LogP contribution in [0.5, 0.6) is 5.75 Å². The molecule has 0 saturated heterocycles. The summed E-state index contributed by atoms with van der Waals surface area (Å²) in [5, 5.41) is 0. The monoisotopic (exact) mass is 488 g/mol. The molecule has 1 aliphatic heterocycles. The Hall–Kier alpha value is -3.67. The van der Waals surface area contributed by atoms with E-state index in [4.69, 9.17) is 4.74 Å². The van der Waals surface area contributed by atoms with E-state index in [9.17, 15) is 14.0 Å². The van der Waals surface area contributed by atoms with E-state index in [1.807, 2.05) is 59.2 Å². The number of fused-ring (bicyclic) bond motifs is 1. The van der Waals surface area contributed by atoms with Gasteiger partial charge in [-0.1, -0.05) is 48.5 Å². The van der Waals surface area contributed by atoms with Gasteiger partial charge in [-0.3, -0.25) is 9.59 Å². The molecular formula is C30H33FN2O3. The molecule has 5 nitrogen and oxygen atoms in total. The maximum atomic E-state index is 14.0. The molecule has 0 bridgehead atoms. The molecule has 1 heterocycles. The summed E-state index contributed by atoms with van der Waals surface area (Å²) in [5.74, 6) is -0.181. The number of para-hydroxylation sites is 1. The van der Waals surface area contributed by atoms with Gasteiger partial charge in [0, 0.05) is 25.2 Å². The fourth-order valence-corrected chi connectivity index (χ4v) is 4.67. The predicted octanol–water partition coefficient (Wildman–Crippen LogP) is 5.60. The first kappa shape index (κ1) is 25.4. The number of amides is 2. The predicted molar refractivity (Wildman–Crippen MR) is 139 cm³/mol. The van der Waals surface area contributed by atoms with Gasteiger partial charge >= 0.3 is 0 Å². The van der Waals surface area contributed by atoms with Crippen LogP contribution in [0.1, 0.15) is 52.5 Å². The molecule has 2 amide bonds. The average molecular weight is 489 g/mol. The first-order valence-corrected chi connectivity index (χ1v) is 12.7. The Labute approximate surface area is 212 Å². The van der Waals surface area contributed by atoms with Crippen molar-refractivity contribution in [3.63, 3.8) is 0 Å². The van der Waals surface area contributed by atoms with E-state index < -0.39 is 5.82 Å². The highest BCUT2D eigenvalue weighted by molar-refractivity contribution is 5.97. The van der Waals surface area contributed by atoms with Crippen LogP contribution in [0, 0.1) is 5.82 Å². The van der Waals surface area contributed by atoms with Gasteiger partial charge in [0.1, 0.15) is 18.2 Å². The first-order chi connectivity index (χ1) is 17.6. The Morgan fingerprint density at radius 2 is 1.69 bits per heavy atom. The van der Waals surface area contributed by atoms with Crippen molar-refractivity contribution >= 4 is 11.8 Å². The van der Waals surface area contributed by atoms with Gasteiger partial charge in [0.25, 0.3) is 11.8 Å². The zero-order valence-corrected chi connectivity index (χ0v) is 20.7. The van der Waals surface area contributed by atoms with Crippen molar-refractivity contribution in [1.82, 2.24) is 9.80 Å². The maximum Gasteiger partial charge on any atom is 0.257 e. The van der Waals surface area contributed by atoms with E-state index in [0.29, 0.717) is 42.9 Å². The van der Waals surface area contributed by atoms with E-state index in [1.165, 1.54) is 12.1 Å². The van der Waals surface area contributed by atoms with Gasteiger partial charge in [-0.2, -0.15) is 0 Å². The van der Waals surface area contributed by atoms with Crippen molar-refractivity contribution in [3.05, 3.63) is 101 Å². The second-order valence-electron chi connectivity index (χ2n) is 9.11. The summed E-state index contributed by atoms with van der Waals surface area (Å²) < 4.78 is 20.3. The minimum Gasteiger partial charge on any atom is -0.491 e. The van der Waals surface area contributed by atoms with Gasteiger partial charge in [-0.25, -0.2) is 4.39 Å². The van der Waals surface area contributed by atoms with Gasteiger partial charge in [-0.15, -0.1) is 0 Å². The van der Waals surface area contributed by atoms with Crippen LogP contribution in [-0.2, 0) is 6.42 Å². The third-order valence-corrected chi connectivity index (χ3v) is 6.63. The highest BCUT2D eigenvalue weighted by Gasteiger charge is 2.27. The molecule has 1 aliphatic rings. The van der Waals surface area contributed by atoms with Crippen LogP contribution in [0.25, 0.3) is 0 Å². The van der Waals surface area contributed by atoms with Gasteiger partial charge in [0.2, 0.25) is 0 Å². The van der Waals surface area contributed by atoms with Gasteiger partial charge in [-0.05, 0) is 68.5 Å². The van der Waals surface area contributed by atoms with Crippen LogP contribution in [0.4, 0.5) is 4.39 Å². The normalized spacial score (nSPS) is 17.3. The van der Waals surface area contributed by atoms with Crippen LogP contribution >= 0.6 is 0 Å². The van der Waals surface area contributed by atoms with Crippen molar-refractivity contribution in [3.8, 4) is 5.75 Å². The third kappa shape index (κ3) is 6.30. The molecule has 1 atom stereocenters. The van der Waals surface area contributed by atoms with Crippen LogP contribution < -0.4 is 4.74 Å². The minimum absolute atomic E-state index is 0.0420. The van der Waals surface area contributed by atoms with Crippen LogP contribution in [-0.4, -0.2) is 53.9 Å². The highest BCUT2D eigenvalue weighted by Crippen LogP contribution is 2.23. The molecule has 0 N–H and O–H groups in total. The Morgan fingerprint density at radius 1 is 0.944 bits per heavy atom. The second kappa shape index (κ2) is 12.3. The molecule has 0 aliphatic carbocycles. The molecule has 188 valence electrons. The van der Waals surface area contributed by atoms with Gasteiger partial charge in [0.05, 0.1) is 11.6 Å². The molecule has 0 radical (unpaired) electrons. The summed E-state index contributed by atoms with van der Waals surface area (Å²) in [6.45, 7) is 3.99. The lowest BCUT2D eigenvalue weighted by Crippen LogP contribution is -2.45. The molecule has 3 aromatic carbocycles. The largest absolute Gasteiger partial charge is 0.491 e. The van der Waals surface area contributed by atoms with E-state index >= 15 is 0 Å². The molecule has 0 spiro atoms. The zero-order valence-electron chi connectivity index (χ0n) is 20.7. The van der Waals surface area contributed by atoms with Crippen molar-refractivity contribution in [2.75, 3.05) is 26.2 Å². The lowest BCUT2D eigenvalue weighted by atomic mass is 10.0. The molecule has 0 fully saturated rings. The number of carbonyl (C=O) groups is 2. The summed E-state index contributed by atoms with van der Waals surface area (Å²) >= 11 is 0. The SMILES string of the molecule is CCN1CCCCCN(C(=O)c2cccc(F)c2)[C@H](Cc2ccccc2)COc2ccccc2C1=O. The number of benzene rings is 3. The molecule has 0 saturated carbocycles. The van der Waals surface area contributed by atoms with E-state index in [1.54, 1.807) is 24.3 Å². The number of halogens is 1. The van der Waals surface area contributed by atoms with Crippen molar-refractivity contribution in [1.29, 1.82) is 0 Å². The van der Waals surface area contributed by atoms with Crippen molar-refractivity contribution < 1.29 is 18.7 Å². The van der Waals surface area contributed by atoms with Crippen LogP contribution in [0.2, 0.25) is 0 Å². The number of hydrogen-bond acceptors (Lipinski definition) is 3. The lowest BCUT2D eigenvalue weighted by Gasteiger charge is -2.32. The van der Waals surface area contributed by atoms with Gasteiger partial charge < -0.3 is 14.5 Å². The minimum atomic E-state index is -0.436. The van der Waals surface area contributed by atoms with Crippen molar-refractivity contribution in [2.24, 2.45) is 0 Å². The topological polar surface area (TPSA) is 49.9 Å². The Kier molecular flexibility index (Phi) is 8.71. The van der Waals surface area contributed by atoms with Crippen LogP contribution in [0.15, 0.2) is 78.9 Å². The van der Waals surface area contributed by atoms with E-state index in [2.05, 4.69) is 0 Å². The Morgan fingerprint density at radius 3 is 2.47 bits per heavy atom.